The number of piperidine rings is 2. The number of carbonyl (C=O) groups is 1. The number of benzene rings is 2. The zero-order valence-corrected chi connectivity index (χ0v) is 23.2. The van der Waals surface area contributed by atoms with E-state index >= 15 is 0 Å². The number of hydrogen-bond donors (Lipinski definition) is 1. The van der Waals surface area contributed by atoms with Crippen molar-refractivity contribution < 1.29 is 17.9 Å². The molecule has 2 aromatic carbocycles. The number of sulfonamides is 1. The van der Waals surface area contributed by atoms with E-state index in [1.54, 1.807) is 29.6 Å². The Morgan fingerprint density at radius 2 is 1.78 bits per heavy atom. The molecule has 37 heavy (non-hydrogen) atoms. The summed E-state index contributed by atoms with van der Waals surface area (Å²) in [6.45, 7) is 7.60. The van der Waals surface area contributed by atoms with Crippen LogP contribution in [-0.4, -0.2) is 51.9 Å². The van der Waals surface area contributed by atoms with E-state index in [0.717, 1.165) is 49.4 Å². The number of rotatable bonds is 9. The topological polar surface area (TPSA) is 79.0 Å². The van der Waals surface area contributed by atoms with Gasteiger partial charge in [-0.05, 0) is 86.4 Å². The van der Waals surface area contributed by atoms with Gasteiger partial charge in [0.15, 0.2) is 0 Å². The molecule has 7 nitrogen and oxygen atoms in total. The highest BCUT2D eigenvalue weighted by molar-refractivity contribution is 7.89. The highest BCUT2D eigenvalue weighted by Gasteiger charge is 2.27. The maximum absolute atomic E-state index is 13.1. The van der Waals surface area contributed by atoms with E-state index in [1.807, 2.05) is 6.92 Å². The standard InChI is InChI=1S/C29H41N3O4S/c1-22-8-7-17-31(21-22)26-12-9-24(10-13-26)23(2)30-29(33)16-11-25-20-27(14-15-28(25)36-3)37(34,35)32-18-5-4-6-19-32/h9-10,12-15,20,22-23H,4-8,11,16-19,21H2,1-3H3,(H,30,33)/t22-,23+/m1/s1. The first-order valence-electron chi connectivity index (χ1n) is 13.6. The third-order valence-electron chi connectivity index (χ3n) is 7.62. The number of methoxy groups -OCH3 is 1. The molecule has 2 aliphatic rings. The van der Waals surface area contributed by atoms with Gasteiger partial charge in [-0.25, -0.2) is 8.42 Å². The van der Waals surface area contributed by atoms with Gasteiger partial charge in [-0.3, -0.25) is 4.79 Å². The number of hydrogen-bond acceptors (Lipinski definition) is 5. The lowest BCUT2D eigenvalue weighted by atomic mass is 9.99. The Balaban J connectivity index is 1.36. The van der Waals surface area contributed by atoms with E-state index in [0.29, 0.717) is 25.3 Å². The fraction of sp³-hybridized carbons (Fsp3) is 0.552. The van der Waals surface area contributed by atoms with Crippen molar-refractivity contribution in [1.29, 1.82) is 0 Å². The van der Waals surface area contributed by atoms with Gasteiger partial charge >= 0.3 is 0 Å². The summed E-state index contributed by atoms with van der Waals surface area (Å²) >= 11 is 0. The van der Waals surface area contributed by atoms with Crippen molar-refractivity contribution in [1.82, 2.24) is 9.62 Å². The Kier molecular flexibility index (Phi) is 9.13. The highest BCUT2D eigenvalue weighted by Crippen LogP contribution is 2.28. The van der Waals surface area contributed by atoms with Crippen LogP contribution in [0.4, 0.5) is 5.69 Å². The number of aryl methyl sites for hydroxylation is 1. The Labute approximate surface area is 222 Å². The fourth-order valence-electron chi connectivity index (χ4n) is 5.41. The fourth-order valence-corrected chi connectivity index (χ4v) is 6.98. The van der Waals surface area contributed by atoms with Crippen molar-refractivity contribution in [3.63, 3.8) is 0 Å². The molecule has 1 N–H and O–H groups in total. The average molecular weight is 528 g/mol. The molecule has 0 unspecified atom stereocenters. The summed E-state index contributed by atoms with van der Waals surface area (Å²) in [5.74, 6) is 1.24. The SMILES string of the molecule is COc1ccc(S(=O)(=O)N2CCCCC2)cc1CCC(=O)N[C@@H](C)c1ccc(N2CCC[C@@H](C)C2)cc1. The molecule has 2 saturated heterocycles. The normalized spacial score (nSPS) is 19.9. The Morgan fingerprint density at radius 1 is 1.05 bits per heavy atom. The number of anilines is 1. The lowest BCUT2D eigenvalue weighted by Crippen LogP contribution is -2.35. The molecule has 2 aromatic rings. The Hall–Kier alpha value is -2.58. The van der Waals surface area contributed by atoms with Crippen molar-refractivity contribution in [2.24, 2.45) is 5.92 Å². The lowest BCUT2D eigenvalue weighted by molar-refractivity contribution is -0.121. The highest BCUT2D eigenvalue weighted by atomic mass is 32.2. The number of carbonyl (C=O) groups excluding carboxylic acids is 1. The molecule has 0 saturated carbocycles. The summed E-state index contributed by atoms with van der Waals surface area (Å²) in [6.07, 6.45) is 6.01. The molecule has 0 aromatic heterocycles. The molecule has 0 spiro atoms. The van der Waals surface area contributed by atoms with Crippen LogP contribution in [0.3, 0.4) is 0 Å². The van der Waals surface area contributed by atoms with Gasteiger partial charge in [0, 0.05) is 38.3 Å². The number of nitrogens with one attached hydrogen (secondary N) is 1. The first-order chi connectivity index (χ1) is 17.8. The van der Waals surface area contributed by atoms with Gasteiger partial charge in [0.2, 0.25) is 15.9 Å². The first kappa shape index (κ1) is 27.5. The molecule has 0 radical (unpaired) electrons. The molecule has 2 aliphatic heterocycles. The van der Waals surface area contributed by atoms with Gasteiger partial charge in [0.25, 0.3) is 0 Å². The van der Waals surface area contributed by atoms with Gasteiger partial charge in [-0.15, -0.1) is 0 Å². The molecule has 1 amide bonds. The summed E-state index contributed by atoms with van der Waals surface area (Å²) in [7, 11) is -1.98. The van der Waals surface area contributed by atoms with Crippen molar-refractivity contribution in [2.75, 3.05) is 38.2 Å². The summed E-state index contributed by atoms with van der Waals surface area (Å²) in [4.78, 5) is 15.5. The Bertz CT molecular complexity index is 1160. The minimum atomic E-state index is -3.54. The maximum Gasteiger partial charge on any atom is 0.243 e. The number of ether oxygens (including phenoxy) is 1. The minimum Gasteiger partial charge on any atom is -0.496 e. The second kappa shape index (κ2) is 12.3. The second-order valence-corrected chi connectivity index (χ2v) is 12.5. The smallest absolute Gasteiger partial charge is 0.243 e. The van der Waals surface area contributed by atoms with Gasteiger partial charge < -0.3 is 15.0 Å². The quantitative estimate of drug-likeness (QED) is 0.501. The molecule has 2 heterocycles. The van der Waals surface area contributed by atoms with E-state index in [4.69, 9.17) is 4.74 Å². The average Bonchev–Trinajstić information content (AvgIpc) is 2.92. The zero-order chi connectivity index (χ0) is 26.4. The molecule has 202 valence electrons. The van der Waals surface area contributed by atoms with Crippen LogP contribution in [0.2, 0.25) is 0 Å². The summed E-state index contributed by atoms with van der Waals surface area (Å²) < 4.78 is 33.3. The van der Waals surface area contributed by atoms with E-state index < -0.39 is 10.0 Å². The van der Waals surface area contributed by atoms with Crippen LogP contribution in [0.1, 0.15) is 69.5 Å². The van der Waals surface area contributed by atoms with Gasteiger partial charge in [0.05, 0.1) is 18.0 Å². The number of nitrogens with zero attached hydrogens (tertiary/aromatic N) is 2. The maximum atomic E-state index is 13.1. The van der Waals surface area contributed by atoms with Crippen molar-refractivity contribution in [2.45, 2.75) is 69.7 Å². The molecule has 0 bridgehead atoms. The molecular formula is C29H41N3O4S. The third kappa shape index (κ3) is 6.85. The molecule has 2 fully saturated rings. The minimum absolute atomic E-state index is 0.0761. The van der Waals surface area contributed by atoms with E-state index in [-0.39, 0.29) is 23.3 Å². The molecule has 8 heteroatoms. The largest absolute Gasteiger partial charge is 0.496 e. The van der Waals surface area contributed by atoms with Gasteiger partial charge in [-0.2, -0.15) is 4.31 Å². The molecule has 4 rings (SSSR count). The monoisotopic (exact) mass is 527 g/mol. The second-order valence-electron chi connectivity index (χ2n) is 10.5. The molecule has 2 atom stereocenters. The zero-order valence-electron chi connectivity index (χ0n) is 22.4. The van der Waals surface area contributed by atoms with Crippen LogP contribution < -0.4 is 15.0 Å². The van der Waals surface area contributed by atoms with Crippen molar-refractivity contribution in [3.8, 4) is 5.75 Å². The van der Waals surface area contributed by atoms with Crippen molar-refractivity contribution >= 4 is 21.6 Å². The summed E-state index contributed by atoms with van der Waals surface area (Å²) in [5.41, 5.74) is 3.03. The van der Waals surface area contributed by atoms with Crippen LogP contribution in [0.25, 0.3) is 0 Å². The van der Waals surface area contributed by atoms with E-state index in [2.05, 4.69) is 41.4 Å². The van der Waals surface area contributed by atoms with Crippen LogP contribution >= 0.6 is 0 Å². The Morgan fingerprint density at radius 3 is 2.46 bits per heavy atom. The van der Waals surface area contributed by atoms with E-state index in [9.17, 15) is 13.2 Å². The van der Waals surface area contributed by atoms with Crippen LogP contribution in [0.15, 0.2) is 47.4 Å². The summed E-state index contributed by atoms with van der Waals surface area (Å²) in [5, 5.41) is 3.09. The summed E-state index contributed by atoms with van der Waals surface area (Å²) in [6, 6.07) is 13.3. The number of amides is 1. The predicted octanol–water partition coefficient (Wildman–Crippen LogP) is 4.92. The van der Waals surface area contributed by atoms with Crippen LogP contribution in [0, 0.1) is 5.92 Å². The molecule has 0 aliphatic carbocycles. The van der Waals surface area contributed by atoms with Gasteiger partial charge in [0.1, 0.15) is 5.75 Å². The first-order valence-corrected chi connectivity index (χ1v) is 15.0. The predicted molar refractivity (Wildman–Crippen MR) is 148 cm³/mol. The van der Waals surface area contributed by atoms with Crippen LogP contribution in [-0.2, 0) is 21.2 Å². The lowest BCUT2D eigenvalue weighted by Gasteiger charge is -2.33. The van der Waals surface area contributed by atoms with Crippen LogP contribution in [0.5, 0.6) is 5.75 Å². The van der Waals surface area contributed by atoms with Gasteiger partial charge in [-0.1, -0.05) is 25.5 Å². The van der Waals surface area contributed by atoms with Crippen molar-refractivity contribution in [3.05, 3.63) is 53.6 Å². The van der Waals surface area contributed by atoms with E-state index in [1.165, 1.54) is 18.5 Å². The molecular weight excluding hydrogens is 486 g/mol. The third-order valence-corrected chi connectivity index (χ3v) is 9.51.